The van der Waals surface area contributed by atoms with Crippen molar-refractivity contribution in [1.29, 1.82) is 0 Å². The number of nitrogens with one attached hydrogen (secondary N) is 1. The second-order valence-corrected chi connectivity index (χ2v) is 13.4. The van der Waals surface area contributed by atoms with E-state index in [1.165, 1.54) is 48.9 Å². The molecule has 0 bridgehead atoms. The zero-order valence-corrected chi connectivity index (χ0v) is 25.0. The van der Waals surface area contributed by atoms with Crippen LogP contribution in [0.4, 0.5) is 11.4 Å². The number of sulfonamides is 2. The molecule has 0 saturated carbocycles. The highest BCUT2D eigenvalue weighted by atomic mass is 32.2. The Balaban J connectivity index is 1.58. The van der Waals surface area contributed by atoms with E-state index >= 15 is 0 Å². The number of ether oxygens (including phenoxy) is 2. The molecule has 1 fully saturated rings. The summed E-state index contributed by atoms with van der Waals surface area (Å²) < 4.78 is 66.8. The number of piperazine rings is 1. The summed E-state index contributed by atoms with van der Waals surface area (Å²) in [7, 11) is -3.10. The SMILES string of the molecule is COc1ccc(N(CC(=O)Nc2ccc(S(=O)(=O)N3CCN(C)CC3)cc2)S(=O)(=O)c2cc(C)ccc2OC)cc1. The van der Waals surface area contributed by atoms with Gasteiger partial charge in [0.15, 0.2) is 0 Å². The Labute approximate surface area is 241 Å². The predicted molar refractivity (Wildman–Crippen MR) is 157 cm³/mol. The van der Waals surface area contributed by atoms with Crippen LogP contribution in [0.3, 0.4) is 0 Å². The van der Waals surface area contributed by atoms with Crippen LogP contribution in [0.15, 0.2) is 76.5 Å². The lowest BCUT2D eigenvalue weighted by atomic mass is 10.2. The molecule has 41 heavy (non-hydrogen) atoms. The van der Waals surface area contributed by atoms with Gasteiger partial charge in [0.2, 0.25) is 15.9 Å². The minimum atomic E-state index is -4.25. The molecule has 0 atom stereocenters. The zero-order valence-electron chi connectivity index (χ0n) is 23.4. The molecule has 0 radical (unpaired) electrons. The molecule has 3 aromatic rings. The van der Waals surface area contributed by atoms with Crippen molar-refractivity contribution in [3.8, 4) is 11.5 Å². The number of methoxy groups -OCH3 is 2. The average Bonchev–Trinajstić information content (AvgIpc) is 2.96. The molecule has 1 aliphatic rings. The Bertz CT molecular complexity index is 1590. The molecule has 220 valence electrons. The van der Waals surface area contributed by atoms with Crippen LogP contribution in [0, 0.1) is 6.92 Å². The third-order valence-corrected chi connectivity index (χ3v) is 10.5. The molecular formula is C28H34N4O7S2. The molecule has 1 amide bonds. The Morgan fingerprint density at radius 3 is 2.10 bits per heavy atom. The number of amides is 1. The standard InChI is InChI=1S/C28H34N4O7S2/c1-21-5-14-26(39-4)27(19-21)41(36,37)32(23-8-10-24(38-3)11-9-23)20-28(33)29-22-6-12-25(13-7-22)40(34,35)31-17-15-30(2)16-18-31/h5-14,19H,15-18,20H2,1-4H3,(H,29,33). The van der Waals surface area contributed by atoms with E-state index in [0.29, 0.717) is 43.2 Å². The highest BCUT2D eigenvalue weighted by Crippen LogP contribution is 2.32. The number of carbonyl (C=O) groups excluding carboxylic acids is 1. The van der Waals surface area contributed by atoms with Gasteiger partial charge in [0.1, 0.15) is 22.9 Å². The van der Waals surface area contributed by atoms with Gasteiger partial charge in [0.25, 0.3) is 10.0 Å². The van der Waals surface area contributed by atoms with Crippen molar-refractivity contribution in [3.05, 3.63) is 72.3 Å². The highest BCUT2D eigenvalue weighted by molar-refractivity contribution is 7.93. The normalized spacial score (nSPS) is 14.8. The van der Waals surface area contributed by atoms with Gasteiger partial charge in [-0.15, -0.1) is 0 Å². The fourth-order valence-electron chi connectivity index (χ4n) is 4.39. The van der Waals surface area contributed by atoms with Crippen LogP contribution >= 0.6 is 0 Å². The summed E-state index contributed by atoms with van der Waals surface area (Å²) in [5.41, 5.74) is 1.28. The number of hydrogen-bond acceptors (Lipinski definition) is 8. The lowest BCUT2D eigenvalue weighted by Gasteiger charge is -2.31. The fourth-order valence-corrected chi connectivity index (χ4v) is 7.47. The third kappa shape index (κ3) is 6.81. The maximum absolute atomic E-state index is 13.9. The van der Waals surface area contributed by atoms with Gasteiger partial charge in [-0.1, -0.05) is 6.07 Å². The van der Waals surface area contributed by atoms with Gasteiger partial charge in [-0.25, -0.2) is 16.8 Å². The Hall–Kier alpha value is -3.65. The summed E-state index contributed by atoms with van der Waals surface area (Å²) >= 11 is 0. The molecule has 1 heterocycles. The average molecular weight is 603 g/mol. The smallest absolute Gasteiger partial charge is 0.268 e. The van der Waals surface area contributed by atoms with E-state index in [0.717, 1.165) is 4.31 Å². The number of nitrogens with zero attached hydrogens (tertiary/aromatic N) is 3. The molecule has 3 aromatic carbocycles. The monoisotopic (exact) mass is 602 g/mol. The first-order valence-electron chi connectivity index (χ1n) is 12.9. The van der Waals surface area contributed by atoms with Gasteiger partial charge in [-0.05, 0) is 80.2 Å². The minimum absolute atomic E-state index is 0.0814. The van der Waals surface area contributed by atoms with E-state index in [2.05, 4.69) is 10.2 Å². The van der Waals surface area contributed by atoms with Crippen molar-refractivity contribution < 1.29 is 31.1 Å². The second-order valence-electron chi connectivity index (χ2n) is 9.64. The van der Waals surface area contributed by atoms with E-state index in [4.69, 9.17) is 9.47 Å². The van der Waals surface area contributed by atoms with Crippen LogP contribution < -0.4 is 19.1 Å². The van der Waals surface area contributed by atoms with Gasteiger partial charge in [-0.3, -0.25) is 9.10 Å². The molecule has 1 aliphatic heterocycles. The number of rotatable bonds is 10. The van der Waals surface area contributed by atoms with E-state index in [1.54, 1.807) is 43.3 Å². The predicted octanol–water partition coefficient (Wildman–Crippen LogP) is 2.78. The van der Waals surface area contributed by atoms with Crippen LogP contribution in [-0.2, 0) is 24.8 Å². The van der Waals surface area contributed by atoms with E-state index in [1.807, 2.05) is 7.05 Å². The van der Waals surface area contributed by atoms with Gasteiger partial charge >= 0.3 is 0 Å². The van der Waals surface area contributed by atoms with E-state index < -0.39 is 32.5 Å². The number of benzene rings is 3. The molecule has 0 aromatic heterocycles. The van der Waals surface area contributed by atoms with Crippen LogP contribution in [0.1, 0.15) is 5.56 Å². The van der Waals surface area contributed by atoms with Crippen molar-refractivity contribution in [2.45, 2.75) is 16.7 Å². The molecule has 1 N–H and O–H groups in total. The van der Waals surface area contributed by atoms with Crippen molar-refractivity contribution in [2.24, 2.45) is 0 Å². The molecule has 13 heteroatoms. The maximum Gasteiger partial charge on any atom is 0.268 e. The summed E-state index contributed by atoms with van der Waals surface area (Å²) in [6, 6.07) is 16.9. The summed E-state index contributed by atoms with van der Waals surface area (Å²) in [6.45, 7) is 3.31. The van der Waals surface area contributed by atoms with E-state index in [9.17, 15) is 21.6 Å². The Morgan fingerprint density at radius 2 is 1.51 bits per heavy atom. The summed E-state index contributed by atoms with van der Waals surface area (Å²) in [4.78, 5) is 15.3. The highest BCUT2D eigenvalue weighted by Gasteiger charge is 2.31. The van der Waals surface area contributed by atoms with Crippen molar-refractivity contribution in [1.82, 2.24) is 9.21 Å². The van der Waals surface area contributed by atoms with Gasteiger partial charge in [-0.2, -0.15) is 4.31 Å². The van der Waals surface area contributed by atoms with Crippen LogP contribution in [0.25, 0.3) is 0 Å². The van der Waals surface area contributed by atoms with Gasteiger partial charge in [0.05, 0.1) is 24.8 Å². The Morgan fingerprint density at radius 1 is 0.878 bits per heavy atom. The lowest BCUT2D eigenvalue weighted by molar-refractivity contribution is -0.114. The van der Waals surface area contributed by atoms with Crippen LogP contribution in [-0.4, -0.2) is 85.9 Å². The topological polar surface area (TPSA) is 126 Å². The molecular weight excluding hydrogens is 568 g/mol. The first-order chi connectivity index (χ1) is 19.4. The summed E-state index contributed by atoms with van der Waals surface area (Å²) in [5, 5.41) is 2.68. The van der Waals surface area contributed by atoms with Crippen molar-refractivity contribution in [3.63, 3.8) is 0 Å². The zero-order chi connectivity index (χ0) is 29.8. The molecule has 4 rings (SSSR count). The van der Waals surface area contributed by atoms with Crippen molar-refractivity contribution in [2.75, 3.05) is 63.6 Å². The third-order valence-electron chi connectivity index (χ3n) is 6.77. The molecule has 11 nitrogen and oxygen atoms in total. The number of likely N-dealkylation sites (N-methyl/N-ethyl adjacent to an activating group) is 1. The quantitative estimate of drug-likeness (QED) is 0.376. The number of hydrogen-bond donors (Lipinski definition) is 1. The number of carbonyl (C=O) groups is 1. The van der Waals surface area contributed by atoms with Gasteiger partial charge in [0, 0.05) is 31.9 Å². The van der Waals surface area contributed by atoms with Crippen molar-refractivity contribution >= 4 is 37.3 Å². The number of anilines is 2. The lowest BCUT2D eigenvalue weighted by Crippen LogP contribution is -2.46. The Kier molecular flexibility index (Phi) is 9.22. The van der Waals surface area contributed by atoms with E-state index in [-0.39, 0.29) is 21.2 Å². The van der Waals surface area contributed by atoms with Crippen LogP contribution in [0.5, 0.6) is 11.5 Å². The molecule has 0 unspecified atom stereocenters. The first kappa shape index (κ1) is 30.3. The molecule has 0 aliphatic carbocycles. The summed E-state index contributed by atoms with van der Waals surface area (Å²) in [6.07, 6.45) is 0. The molecule has 1 saturated heterocycles. The van der Waals surface area contributed by atoms with Crippen LogP contribution in [0.2, 0.25) is 0 Å². The second kappa shape index (κ2) is 12.5. The summed E-state index contributed by atoms with van der Waals surface area (Å²) in [5.74, 6) is 0.0488. The minimum Gasteiger partial charge on any atom is -0.497 e. The fraction of sp³-hybridized carbons (Fsp3) is 0.321. The maximum atomic E-state index is 13.9. The molecule has 0 spiro atoms. The number of aryl methyl sites for hydroxylation is 1. The largest absolute Gasteiger partial charge is 0.497 e. The van der Waals surface area contributed by atoms with Gasteiger partial charge < -0.3 is 19.7 Å². The first-order valence-corrected chi connectivity index (χ1v) is 15.7.